The molecule has 1 fully saturated rings. The van der Waals surface area contributed by atoms with Crippen LogP contribution in [0.5, 0.6) is 5.75 Å². The molecule has 0 spiro atoms. The Kier molecular flexibility index (Phi) is 8.62. The van der Waals surface area contributed by atoms with Gasteiger partial charge in [-0.1, -0.05) is 19.9 Å². The van der Waals surface area contributed by atoms with Crippen LogP contribution < -0.4 is 20.8 Å². The largest absolute Gasteiger partial charge is 0.492 e. The van der Waals surface area contributed by atoms with Crippen LogP contribution in [0.1, 0.15) is 66.2 Å². The standard InChI is InChI=1S/C29H39N5O6/c1-16(2)24-25(35)30-17(3)26(36)34-13-7-8-22(33-34)27(37)40-18(4)21-12-10-19-9-11-20(14-23(19)31-21)39-15-29(5,6)28(38)32-24/h9-12,14,16-18,22,24,33H,7-8,13,15H2,1-6H3,(H,30,35)(H,32,38)/t17-,18+,22-,24-/m0/s1. The van der Waals surface area contributed by atoms with Crippen LogP contribution in [0.15, 0.2) is 30.3 Å². The van der Waals surface area contributed by atoms with E-state index in [1.165, 1.54) is 5.01 Å². The highest BCUT2D eigenvalue weighted by Gasteiger charge is 2.36. The second-order valence-electron chi connectivity index (χ2n) is 11.6. The molecule has 3 N–H and O–H groups in total. The van der Waals surface area contributed by atoms with Gasteiger partial charge in [-0.15, -0.1) is 0 Å². The van der Waals surface area contributed by atoms with Crippen LogP contribution in [0, 0.1) is 11.3 Å². The summed E-state index contributed by atoms with van der Waals surface area (Å²) in [4.78, 5) is 57.4. The maximum absolute atomic E-state index is 13.3. The van der Waals surface area contributed by atoms with E-state index in [1.54, 1.807) is 39.8 Å². The molecule has 3 heterocycles. The summed E-state index contributed by atoms with van der Waals surface area (Å²) in [6.07, 6.45) is 0.459. The minimum absolute atomic E-state index is 0.0569. The van der Waals surface area contributed by atoms with E-state index in [9.17, 15) is 19.2 Å². The Morgan fingerprint density at radius 2 is 1.77 bits per heavy atom. The number of fused-ring (bicyclic) bond motifs is 4. The number of carbonyl (C=O) groups excluding carboxylic acids is 4. The average Bonchev–Trinajstić information content (AvgIpc) is 2.92. The van der Waals surface area contributed by atoms with E-state index in [2.05, 4.69) is 21.0 Å². The van der Waals surface area contributed by atoms with Gasteiger partial charge in [0.1, 0.15) is 36.6 Å². The van der Waals surface area contributed by atoms with E-state index in [4.69, 9.17) is 9.47 Å². The molecule has 4 rings (SSSR count). The van der Waals surface area contributed by atoms with E-state index in [0.717, 1.165) is 5.39 Å². The van der Waals surface area contributed by atoms with Crippen molar-refractivity contribution in [2.45, 2.75) is 78.6 Å². The van der Waals surface area contributed by atoms with Crippen LogP contribution in [0.4, 0.5) is 0 Å². The van der Waals surface area contributed by atoms with Gasteiger partial charge in [0.15, 0.2) is 0 Å². The number of pyridine rings is 1. The predicted octanol–water partition coefficient (Wildman–Crippen LogP) is 2.40. The first-order valence-corrected chi connectivity index (χ1v) is 13.8. The molecule has 3 amide bonds. The summed E-state index contributed by atoms with van der Waals surface area (Å²) in [7, 11) is 0. The molecule has 11 nitrogen and oxygen atoms in total. The van der Waals surface area contributed by atoms with Crippen LogP contribution >= 0.6 is 0 Å². The second-order valence-corrected chi connectivity index (χ2v) is 11.6. The van der Waals surface area contributed by atoms with Crippen molar-refractivity contribution in [2.75, 3.05) is 13.2 Å². The Morgan fingerprint density at radius 3 is 2.50 bits per heavy atom. The molecule has 40 heavy (non-hydrogen) atoms. The summed E-state index contributed by atoms with van der Waals surface area (Å²) in [6.45, 7) is 10.9. The molecule has 2 aliphatic heterocycles. The molecule has 1 saturated heterocycles. The third-order valence-corrected chi connectivity index (χ3v) is 7.31. The van der Waals surface area contributed by atoms with Gasteiger partial charge in [-0.2, -0.15) is 0 Å². The summed E-state index contributed by atoms with van der Waals surface area (Å²) in [5.74, 6) is -1.40. The van der Waals surface area contributed by atoms with E-state index in [0.29, 0.717) is 36.3 Å². The molecule has 4 atom stereocenters. The number of nitrogens with zero attached hydrogens (tertiary/aromatic N) is 2. The fourth-order valence-electron chi connectivity index (χ4n) is 4.66. The Bertz CT molecular complexity index is 1290. The van der Waals surface area contributed by atoms with Gasteiger partial charge in [-0.25, -0.2) is 10.4 Å². The number of hydrogen-bond acceptors (Lipinski definition) is 8. The van der Waals surface area contributed by atoms with Gasteiger partial charge in [0.25, 0.3) is 5.91 Å². The van der Waals surface area contributed by atoms with Crippen LogP contribution in [0.2, 0.25) is 0 Å². The van der Waals surface area contributed by atoms with Crippen molar-refractivity contribution in [3.05, 3.63) is 36.0 Å². The third kappa shape index (κ3) is 6.52. The lowest BCUT2D eigenvalue weighted by atomic mass is 9.92. The number of rotatable bonds is 1. The topological polar surface area (TPSA) is 139 Å². The first kappa shape index (κ1) is 29.3. The maximum Gasteiger partial charge on any atom is 0.325 e. The number of cyclic esters (lactones) is 1. The molecule has 0 unspecified atom stereocenters. The Balaban J connectivity index is 1.66. The van der Waals surface area contributed by atoms with Crippen LogP contribution in [-0.2, 0) is 23.9 Å². The Morgan fingerprint density at radius 1 is 1.05 bits per heavy atom. The van der Waals surface area contributed by atoms with E-state index in [1.807, 2.05) is 32.0 Å². The molecule has 0 aliphatic carbocycles. The molecule has 1 aromatic heterocycles. The van der Waals surface area contributed by atoms with Crippen molar-refractivity contribution in [1.82, 2.24) is 26.1 Å². The van der Waals surface area contributed by atoms with Gasteiger partial charge in [0, 0.05) is 18.0 Å². The molecule has 2 aliphatic rings. The number of nitrogens with one attached hydrogen (secondary N) is 3. The summed E-state index contributed by atoms with van der Waals surface area (Å²) >= 11 is 0. The summed E-state index contributed by atoms with van der Waals surface area (Å²) in [5.41, 5.74) is 3.23. The predicted molar refractivity (Wildman–Crippen MR) is 148 cm³/mol. The lowest BCUT2D eigenvalue weighted by Crippen LogP contribution is -2.61. The van der Waals surface area contributed by atoms with Crippen molar-refractivity contribution in [1.29, 1.82) is 0 Å². The van der Waals surface area contributed by atoms with Crippen molar-refractivity contribution < 1.29 is 28.7 Å². The molecular weight excluding hydrogens is 514 g/mol. The Labute approximate surface area is 234 Å². The molecule has 5 bridgehead atoms. The average molecular weight is 554 g/mol. The number of hydrogen-bond donors (Lipinski definition) is 3. The van der Waals surface area contributed by atoms with Crippen LogP contribution in [-0.4, -0.2) is 65.0 Å². The minimum atomic E-state index is -0.965. The van der Waals surface area contributed by atoms with E-state index >= 15 is 0 Å². The van der Waals surface area contributed by atoms with Crippen molar-refractivity contribution in [3.8, 4) is 5.75 Å². The minimum Gasteiger partial charge on any atom is -0.492 e. The first-order chi connectivity index (χ1) is 18.9. The van der Waals surface area contributed by atoms with Crippen LogP contribution in [0.3, 0.4) is 0 Å². The second kappa shape index (κ2) is 11.8. The number of ether oxygens (including phenoxy) is 2. The smallest absolute Gasteiger partial charge is 0.325 e. The molecule has 2 aromatic rings. The number of benzene rings is 1. The van der Waals surface area contributed by atoms with Crippen molar-refractivity contribution in [3.63, 3.8) is 0 Å². The first-order valence-electron chi connectivity index (χ1n) is 13.8. The van der Waals surface area contributed by atoms with Crippen molar-refractivity contribution >= 4 is 34.6 Å². The number of esters is 1. The highest BCUT2D eigenvalue weighted by atomic mass is 16.5. The third-order valence-electron chi connectivity index (χ3n) is 7.31. The highest BCUT2D eigenvalue weighted by Crippen LogP contribution is 2.26. The molecule has 11 heteroatoms. The maximum atomic E-state index is 13.3. The molecule has 0 radical (unpaired) electrons. The molecule has 0 saturated carbocycles. The fourth-order valence-corrected chi connectivity index (χ4v) is 4.66. The monoisotopic (exact) mass is 553 g/mol. The van der Waals surface area contributed by atoms with Crippen LogP contribution in [0.25, 0.3) is 10.9 Å². The normalized spacial score (nSPS) is 26.6. The number of carbonyl (C=O) groups is 4. The quantitative estimate of drug-likeness (QED) is 0.458. The highest BCUT2D eigenvalue weighted by molar-refractivity contribution is 5.93. The zero-order valence-electron chi connectivity index (χ0n) is 23.9. The van der Waals surface area contributed by atoms with Gasteiger partial charge in [-0.3, -0.25) is 24.2 Å². The zero-order valence-corrected chi connectivity index (χ0v) is 23.9. The van der Waals surface area contributed by atoms with E-state index < -0.39 is 47.4 Å². The van der Waals surface area contributed by atoms with Gasteiger partial charge in [0.05, 0.1) is 16.6 Å². The van der Waals surface area contributed by atoms with Gasteiger partial charge in [-0.05, 0) is 64.7 Å². The van der Waals surface area contributed by atoms with E-state index in [-0.39, 0.29) is 18.4 Å². The SMILES string of the molecule is CC(C)[C@@H]1NC(=O)C(C)(C)COc2ccc3ccc(nc3c2)[C@@H](C)OC(=O)[C@@H]2CCCN(N2)C(=O)[C@H](C)NC1=O. The lowest BCUT2D eigenvalue weighted by molar-refractivity contribution is -0.157. The van der Waals surface area contributed by atoms with Gasteiger partial charge in [0.2, 0.25) is 11.8 Å². The zero-order chi connectivity index (χ0) is 29.2. The number of hydrazine groups is 1. The lowest BCUT2D eigenvalue weighted by Gasteiger charge is -2.35. The number of aromatic nitrogens is 1. The summed E-state index contributed by atoms with van der Waals surface area (Å²) < 4.78 is 11.7. The molecule has 216 valence electrons. The van der Waals surface area contributed by atoms with Crippen molar-refractivity contribution in [2.24, 2.45) is 11.3 Å². The fraction of sp³-hybridized carbons (Fsp3) is 0.552. The summed E-state index contributed by atoms with van der Waals surface area (Å²) in [5, 5.41) is 7.81. The number of amides is 3. The molecule has 1 aromatic carbocycles. The summed E-state index contributed by atoms with van der Waals surface area (Å²) in [6, 6.07) is 6.69. The Hall–Kier alpha value is -3.73. The molecular formula is C29H39N5O6. The van der Waals surface area contributed by atoms with Gasteiger partial charge >= 0.3 is 5.97 Å². The van der Waals surface area contributed by atoms with Gasteiger partial charge < -0.3 is 20.1 Å².